The van der Waals surface area contributed by atoms with Crippen molar-refractivity contribution < 1.29 is 30.3 Å². The van der Waals surface area contributed by atoms with Crippen LogP contribution in [0.25, 0.3) is 33.2 Å². The molecule has 0 bridgehead atoms. The van der Waals surface area contributed by atoms with Gasteiger partial charge in [-0.3, -0.25) is 4.98 Å². The Labute approximate surface area is 203 Å². The van der Waals surface area contributed by atoms with Crippen LogP contribution in [0.3, 0.4) is 0 Å². The van der Waals surface area contributed by atoms with E-state index in [4.69, 9.17) is 10.2 Å². The van der Waals surface area contributed by atoms with Gasteiger partial charge in [0.05, 0.1) is 17.9 Å². The van der Waals surface area contributed by atoms with E-state index in [0.717, 1.165) is 22.6 Å². The molecule has 1 heterocycles. The number of rotatable bonds is 4. The Bertz CT molecular complexity index is 1150. The molecule has 169 valence electrons. The van der Waals surface area contributed by atoms with E-state index in [1.165, 1.54) is 21.9 Å². The molecule has 0 saturated carbocycles. The summed E-state index contributed by atoms with van der Waals surface area (Å²) in [5.41, 5.74) is 6.12. The summed E-state index contributed by atoms with van der Waals surface area (Å²) in [5.74, 6) is 0. The van der Waals surface area contributed by atoms with Gasteiger partial charge in [0.1, 0.15) is 0 Å². The summed E-state index contributed by atoms with van der Waals surface area (Å²) < 4.78 is 0. The van der Waals surface area contributed by atoms with Crippen molar-refractivity contribution in [2.75, 3.05) is 0 Å². The molecule has 0 aliphatic rings. The summed E-state index contributed by atoms with van der Waals surface area (Å²) in [5, 5.41) is 19.6. The molecule has 0 aliphatic heterocycles. The quantitative estimate of drug-likeness (QED) is 0.301. The van der Waals surface area contributed by atoms with Gasteiger partial charge >= 0.3 is 0 Å². The second-order valence-electron chi connectivity index (χ2n) is 7.90. The summed E-state index contributed by atoms with van der Waals surface area (Å²) in [4.78, 5) is 9.07. The zero-order valence-corrected chi connectivity index (χ0v) is 21.2. The van der Waals surface area contributed by atoms with E-state index in [1.807, 2.05) is 19.9 Å². The second-order valence-corrected chi connectivity index (χ2v) is 7.90. The normalized spacial score (nSPS) is 12.3. The molecule has 1 aromatic heterocycles. The van der Waals surface area contributed by atoms with Crippen LogP contribution in [0.15, 0.2) is 66.9 Å². The van der Waals surface area contributed by atoms with Crippen molar-refractivity contribution in [2.24, 2.45) is 0 Å². The largest absolute Gasteiger partial charge is 0.393 e. The Hall–Kier alpha value is -2.43. The number of aliphatic hydroxyl groups excluding tert-OH is 2. The van der Waals surface area contributed by atoms with E-state index < -0.39 is 0 Å². The fourth-order valence-corrected chi connectivity index (χ4v) is 3.60. The molecule has 32 heavy (non-hydrogen) atoms. The van der Waals surface area contributed by atoms with Crippen LogP contribution in [-0.2, 0) is 20.1 Å². The van der Waals surface area contributed by atoms with E-state index in [-0.39, 0.29) is 32.3 Å². The standard InChI is InChI=1S/C22H17N2.C5H12O2.Ir/c1-15-14-23-22(16(2)24-15)19-10-5-9-18(13-19)21-12-6-8-17-7-3-4-11-20(17)21;1-4(6)3-5(2)7;/h3-9,11-14H,1-2H3;4-7H,3H2,1-2H3;/q-1;;. The van der Waals surface area contributed by atoms with Crippen molar-refractivity contribution in [3.05, 3.63) is 84.3 Å². The van der Waals surface area contributed by atoms with E-state index in [1.54, 1.807) is 20.0 Å². The number of benzene rings is 3. The molecular formula is C27H29IrN2O2-. The minimum Gasteiger partial charge on any atom is -0.393 e. The van der Waals surface area contributed by atoms with Gasteiger partial charge < -0.3 is 15.2 Å². The fourth-order valence-electron chi connectivity index (χ4n) is 3.60. The van der Waals surface area contributed by atoms with Crippen LogP contribution in [0.4, 0.5) is 0 Å². The van der Waals surface area contributed by atoms with E-state index in [9.17, 15) is 0 Å². The van der Waals surface area contributed by atoms with Crippen LogP contribution in [-0.4, -0.2) is 32.4 Å². The van der Waals surface area contributed by atoms with Gasteiger partial charge in [0.15, 0.2) is 0 Å². The molecule has 4 aromatic rings. The van der Waals surface area contributed by atoms with Crippen molar-refractivity contribution in [3.8, 4) is 22.4 Å². The number of aliphatic hydroxyl groups is 2. The number of nitrogens with zero attached hydrogens (tertiary/aromatic N) is 2. The van der Waals surface area contributed by atoms with Crippen LogP contribution < -0.4 is 0 Å². The van der Waals surface area contributed by atoms with Gasteiger partial charge in [-0.2, -0.15) is 0 Å². The maximum Gasteiger partial charge on any atom is 0.0539 e. The third kappa shape index (κ3) is 6.78. The fraction of sp³-hybridized carbons (Fsp3) is 0.259. The molecule has 0 saturated heterocycles. The average molecular weight is 606 g/mol. The Morgan fingerprint density at radius 2 is 1.62 bits per heavy atom. The number of hydrogen-bond acceptors (Lipinski definition) is 4. The van der Waals surface area contributed by atoms with Gasteiger partial charge in [-0.15, -0.1) is 35.4 Å². The van der Waals surface area contributed by atoms with Crippen molar-refractivity contribution in [1.29, 1.82) is 0 Å². The summed E-state index contributed by atoms with van der Waals surface area (Å²) in [6, 6.07) is 24.4. The van der Waals surface area contributed by atoms with Crippen molar-refractivity contribution in [2.45, 2.75) is 46.3 Å². The minimum atomic E-state index is -0.375. The van der Waals surface area contributed by atoms with E-state index in [0.29, 0.717) is 6.42 Å². The Kier molecular flexibility index (Phi) is 9.67. The van der Waals surface area contributed by atoms with Gasteiger partial charge in [-0.05, 0) is 50.5 Å². The van der Waals surface area contributed by atoms with Crippen LogP contribution in [0.1, 0.15) is 31.7 Å². The molecule has 1 radical (unpaired) electrons. The molecule has 2 unspecified atom stereocenters. The number of aryl methyl sites for hydroxylation is 2. The molecule has 0 aliphatic carbocycles. The number of fused-ring (bicyclic) bond motifs is 1. The van der Waals surface area contributed by atoms with Gasteiger partial charge in [-0.1, -0.05) is 42.5 Å². The van der Waals surface area contributed by atoms with Gasteiger partial charge in [0.2, 0.25) is 0 Å². The first-order valence-electron chi connectivity index (χ1n) is 10.5. The number of aromatic nitrogens is 2. The summed E-state index contributed by atoms with van der Waals surface area (Å²) in [6.45, 7) is 7.27. The SMILES string of the molecule is CC(O)CC(C)O.Cc1cnc(-c2[c-]ccc(-c3cccc4ccccc34)c2)c(C)n1.[Ir]. The molecule has 0 fully saturated rings. The minimum absolute atomic E-state index is 0. The first-order chi connectivity index (χ1) is 14.8. The summed E-state index contributed by atoms with van der Waals surface area (Å²) in [6.07, 6.45) is 1.53. The van der Waals surface area contributed by atoms with Crippen molar-refractivity contribution in [1.82, 2.24) is 9.97 Å². The smallest absolute Gasteiger partial charge is 0.0539 e. The Morgan fingerprint density at radius 3 is 2.28 bits per heavy atom. The monoisotopic (exact) mass is 606 g/mol. The topological polar surface area (TPSA) is 66.2 Å². The van der Waals surface area contributed by atoms with Gasteiger partial charge in [0, 0.05) is 37.7 Å². The van der Waals surface area contributed by atoms with E-state index in [2.05, 4.69) is 70.6 Å². The predicted molar refractivity (Wildman–Crippen MR) is 127 cm³/mol. The molecule has 3 aromatic carbocycles. The first kappa shape index (κ1) is 25.8. The third-order valence-corrected chi connectivity index (χ3v) is 4.91. The Balaban J connectivity index is 0.000000398. The molecule has 2 atom stereocenters. The summed E-state index contributed by atoms with van der Waals surface area (Å²) in [7, 11) is 0. The van der Waals surface area contributed by atoms with Crippen LogP contribution in [0.2, 0.25) is 0 Å². The maximum atomic E-state index is 8.56. The van der Waals surface area contributed by atoms with Gasteiger partial charge in [0.25, 0.3) is 0 Å². The predicted octanol–water partition coefficient (Wildman–Crippen LogP) is 5.52. The van der Waals surface area contributed by atoms with Crippen LogP contribution in [0.5, 0.6) is 0 Å². The molecule has 4 nitrogen and oxygen atoms in total. The number of hydrogen-bond donors (Lipinski definition) is 2. The van der Waals surface area contributed by atoms with Crippen molar-refractivity contribution >= 4 is 10.8 Å². The summed E-state index contributed by atoms with van der Waals surface area (Å²) >= 11 is 0. The average Bonchev–Trinajstić information content (AvgIpc) is 2.73. The molecule has 5 heteroatoms. The molecule has 2 N–H and O–H groups in total. The zero-order valence-electron chi connectivity index (χ0n) is 18.8. The maximum absolute atomic E-state index is 8.56. The van der Waals surface area contributed by atoms with Crippen molar-refractivity contribution in [3.63, 3.8) is 0 Å². The molecular weight excluding hydrogens is 577 g/mol. The third-order valence-electron chi connectivity index (χ3n) is 4.91. The second kappa shape index (κ2) is 12.0. The van der Waals surface area contributed by atoms with E-state index >= 15 is 0 Å². The molecule has 0 spiro atoms. The van der Waals surface area contributed by atoms with Crippen LogP contribution >= 0.6 is 0 Å². The molecule has 4 rings (SSSR count). The van der Waals surface area contributed by atoms with Gasteiger partial charge in [-0.25, -0.2) is 0 Å². The zero-order chi connectivity index (χ0) is 22.4. The first-order valence-corrected chi connectivity index (χ1v) is 10.5. The van der Waals surface area contributed by atoms with Crippen LogP contribution in [0, 0.1) is 19.9 Å². The molecule has 0 amide bonds. The Morgan fingerprint density at radius 1 is 0.938 bits per heavy atom.